The van der Waals surface area contributed by atoms with Crippen molar-refractivity contribution in [3.8, 4) is 5.75 Å². The number of nitrogens with zero attached hydrogens (tertiary/aromatic N) is 1. The van der Waals surface area contributed by atoms with Gasteiger partial charge in [0.15, 0.2) is 0 Å². The van der Waals surface area contributed by atoms with Crippen LogP contribution in [0.3, 0.4) is 0 Å². The minimum absolute atomic E-state index is 0. The van der Waals surface area contributed by atoms with Gasteiger partial charge >= 0.3 is 0 Å². The molecule has 1 aromatic carbocycles. The molecule has 0 saturated carbocycles. The second kappa shape index (κ2) is 9.70. The molecule has 0 bridgehead atoms. The van der Waals surface area contributed by atoms with Gasteiger partial charge in [0.1, 0.15) is 5.75 Å². The molecule has 2 rings (SSSR count). The maximum absolute atomic E-state index is 12.4. The number of likely N-dealkylation sites (tertiary alicyclic amines) is 1. The maximum Gasteiger partial charge on any atom is 0.225 e. The van der Waals surface area contributed by atoms with Crippen molar-refractivity contribution < 1.29 is 9.53 Å². The Morgan fingerprint density at radius 1 is 1.41 bits per heavy atom. The highest BCUT2D eigenvalue weighted by atomic mass is 35.5. The van der Waals surface area contributed by atoms with Crippen molar-refractivity contribution in [2.75, 3.05) is 26.7 Å². The lowest BCUT2D eigenvalue weighted by atomic mass is 10.0. The standard InChI is InChI=1S/C17H26N2O2.ClH/c1-14(10-12-21-16-8-4-3-5-9-16)17(20)19-11-6-7-15(13-19)18-2;/h3-5,8-9,14-15,18H,6-7,10-13H2,1-2H3;1H. The van der Waals surface area contributed by atoms with Gasteiger partial charge in [-0.25, -0.2) is 0 Å². The molecule has 1 heterocycles. The molecule has 1 amide bonds. The van der Waals surface area contributed by atoms with E-state index in [1.54, 1.807) is 0 Å². The van der Waals surface area contributed by atoms with Crippen LogP contribution in [0.4, 0.5) is 0 Å². The summed E-state index contributed by atoms with van der Waals surface area (Å²) >= 11 is 0. The fourth-order valence-corrected chi connectivity index (χ4v) is 2.72. The lowest BCUT2D eigenvalue weighted by Gasteiger charge is -2.34. The van der Waals surface area contributed by atoms with Crippen LogP contribution in [0.25, 0.3) is 0 Å². The van der Waals surface area contributed by atoms with E-state index in [4.69, 9.17) is 4.74 Å². The molecular formula is C17H27ClN2O2. The molecule has 124 valence electrons. The van der Waals surface area contributed by atoms with Crippen LogP contribution in [0.5, 0.6) is 5.75 Å². The van der Waals surface area contributed by atoms with Crippen molar-refractivity contribution in [3.63, 3.8) is 0 Å². The molecule has 0 spiro atoms. The molecular weight excluding hydrogens is 300 g/mol. The molecule has 0 aliphatic carbocycles. The number of hydrogen-bond donors (Lipinski definition) is 1. The van der Waals surface area contributed by atoms with Gasteiger partial charge in [0, 0.05) is 25.0 Å². The molecule has 1 saturated heterocycles. The first-order valence-electron chi connectivity index (χ1n) is 7.84. The van der Waals surface area contributed by atoms with Crippen LogP contribution in [-0.4, -0.2) is 43.6 Å². The van der Waals surface area contributed by atoms with E-state index in [2.05, 4.69) is 5.32 Å². The fraction of sp³-hybridized carbons (Fsp3) is 0.588. The number of carbonyl (C=O) groups is 1. The zero-order chi connectivity index (χ0) is 15.1. The van der Waals surface area contributed by atoms with E-state index in [9.17, 15) is 4.79 Å². The number of amides is 1. The number of nitrogens with one attached hydrogen (secondary N) is 1. The maximum atomic E-state index is 12.4. The molecule has 1 N–H and O–H groups in total. The van der Waals surface area contributed by atoms with Crippen molar-refractivity contribution in [3.05, 3.63) is 30.3 Å². The molecule has 1 aromatic rings. The molecule has 5 heteroatoms. The smallest absolute Gasteiger partial charge is 0.225 e. The van der Waals surface area contributed by atoms with Gasteiger partial charge in [-0.15, -0.1) is 12.4 Å². The summed E-state index contributed by atoms with van der Waals surface area (Å²) in [5.74, 6) is 1.14. The van der Waals surface area contributed by atoms with E-state index < -0.39 is 0 Å². The molecule has 2 atom stereocenters. The summed E-state index contributed by atoms with van der Waals surface area (Å²) in [6, 6.07) is 10.2. The van der Waals surface area contributed by atoms with Crippen LogP contribution in [0.15, 0.2) is 30.3 Å². The van der Waals surface area contributed by atoms with Gasteiger partial charge in [0.05, 0.1) is 6.61 Å². The van der Waals surface area contributed by atoms with Crippen LogP contribution in [0, 0.1) is 5.92 Å². The first kappa shape index (κ1) is 18.8. The zero-order valence-corrected chi connectivity index (χ0v) is 14.3. The number of likely N-dealkylation sites (N-methyl/N-ethyl adjacent to an activating group) is 1. The summed E-state index contributed by atoms with van der Waals surface area (Å²) in [4.78, 5) is 14.4. The summed E-state index contributed by atoms with van der Waals surface area (Å²) in [5.41, 5.74) is 0. The Balaban J connectivity index is 0.00000242. The average molecular weight is 327 g/mol. The summed E-state index contributed by atoms with van der Waals surface area (Å²) in [6.07, 6.45) is 3.00. The minimum atomic E-state index is 0. The van der Waals surface area contributed by atoms with Gasteiger partial charge < -0.3 is 15.0 Å². The van der Waals surface area contributed by atoms with Crippen LogP contribution in [0.1, 0.15) is 26.2 Å². The predicted octanol–water partition coefficient (Wildman–Crippen LogP) is 2.72. The quantitative estimate of drug-likeness (QED) is 0.874. The molecule has 22 heavy (non-hydrogen) atoms. The molecule has 1 aliphatic rings. The molecule has 4 nitrogen and oxygen atoms in total. The number of rotatable bonds is 6. The number of halogens is 1. The van der Waals surface area contributed by atoms with Crippen molar-refractivity contribution in [1.29, 1.82) is 0 Å². The Hall–Kier alpha value is -1.26. The van der Waals surface area contributed by atoms with Crippen LogP contribution < -0.4 is 10.1 Å². The second-order valence-electron chi connectivity index (χ2n) is 5.76. The number of carbonyl (C=O) groups excluding carboxylic acids is 1. The lowest BCUT2D eigenvalue weighted by molar-refractivity contribution is -0.136. The van der Waals surface area contributed by atoms with E-state index in [0.717, 1.165) is 38.1 Å². The van der Waals surface area contributed by atoms with Gasteiger partial charge in [-0.1, -0.05) is 25.1 Å². The van der Waals surface area contributed by atoms with E-state index in [0.29, 0.717) is 12.6 Å². The highest BCUT2D eigenvalue weighted by Gasteiger charge is 2.25. The first-order chi connectivity index (χ1) is 10.2. The van der Waals surface area contributed by atoms with Crippen molar-refractivity contribution in [2.24, 2.45) is 5.92 Å². The molecule has 1 fully saturated rings. The molecule has 1 aliphatic heterocycles. The summed E-state index contributed by atoms with van der Waals surface area (Å²) < 4.78 is 5.67. The largest absolute Gasteiger partial charge is 0.494 e. The lowest BCUT2D eigenvalue weighted by Crippen LogP contribution is -2.48. The Kier molecular flexibility index (Phi) is 8.28. The monoisotopic (exact) mass is 326 g/mol. The van der Waals surface area contributed by atoms with Crippen molar-refractivity contribution in [1.82, 2.24) is 10.2 Å². The topological polar surface area (TPSA) is 41.6 Å². The summed E-state index contributed by atoms with van der Waals surface area (Å²) in [7, 11) is 1.97. The SMILES string of the molecule is CNC1CCCN(C(=O)C(C)CCOc2ccccc2)C1.Cl. The van der Waals surface area contributed by atoms with Gasteiger partial charge in [-0.05, 0) is 38.4 Å². The number of para-hydroxylation sites is 1. The third-order valence-corrected chi connectivity index (χ3v) is 4.13. The van der Waals surface area contributed by atoms with Crippen molar-refractivity contribution in [2.45, 2.75) is 32.2 Å². The Labute approximate surface area is 139 Å². The highest BCUT2D eigenvalue weighted by Crippen LogP contribution is 2.16. The van der Waals surface area contributed by atoms with Crippen molar-refractivity contribution >= 4 is 18.3 Å². The first-order valence-corrected chi connectivity index (χ1v) is 7.84. The highest BCUT2D eigenvalue weighted by molar-refractivity contribution is 5.85. The van der Waals surface area contributed by atoms with E-state index in [1.807, 2.05) is 49.2 Å². The summed E-state index contributed by atoms with van der Waals surface area (Å²) in [5, 5.41) is 3.27. The number of piperidine rings is 1. The van der Waals surface area contributed by atoms with E-state index >= 15 is 0 Å². The fourth-order valence-electron chi connectivity index (χ4n) is 2.72. The van der Waals surface area contributed by atoms with Crippen LogP contribution in [-0.2, 0) is 4.79 Å². The van der Waals surface area contributed by atoms with Gasteiger partial charge in [-0.3, -0.25) is 4.79 Å². The Morgan fingerprint density at radius 2 is 2.14 bits per heavy atom. The van der Waals surface area contributed by atoms with E-state index in [-0.39, 0.29) is 24.2 Å². The molecule has 0 aromatic heterocycles. The third kappa shape index (κ3) is 5.50. The Bertz CT molecular complexity index is 442. The molecule has 0 radical (unpaired) electrons. The normalized spacial score (nSPS) is 19.2. The van der Waals surface area contributed by atoms with Gasteiger partial charge in [0.2, 0.25) is 5.91 Å². The van der Waals surface area contributed by atoms with Gasteiger partial charge in [0.25, 0.3) is 0 Å². The minimum Gasteiger partial charge on any atom is -0.494 e. The van der Waals surface area contributed by atoms with Crippen LogP contribution >= 0.6 is 12.4 Å². The molecule has 2 unspecified atom stereocenters. The zero-order valence-electron chi connectivity index (χ0n) is 13.5. The number of hydrogen-bond acceptors (Lipinski definition) is 3. The second-order valence-corrected chi connectivity index (χ2v) is 5.76. The summed E-state index contributed by atoms with van der Waals surface area (Å²) in [6.45, 7) is 4.31. The number of benzene rings is 1. The van der Waals surface area contributed by atoms with E-state index in [1.165, 1.54) is 0 Å². The van der Waals surface area contributed by atoms with Gasteiger partial charge in [-0.2, -0.15) is 0 Å². The number of ether oxygens (including phenoxy) is 1. The third-order valence-electron chi connectivity index (χ3n) is 4.13. The van der Waals surface area contributed by atoms with Crippen LogP contribution in [0.2, 0.25) is 0 Å². The Morgan fingerprint density at radius 3 is 2.82 bits per heavy atom. The average Bonchev–Trinajstić information content (AvgIpc) is 2.55. The predicted molar refractivity (Wildman–Crippen MR) is 91.6 cm³/mol.